The Labute approximate surface area is 170 Å². The van der Waals surface area contributed by atoms with Crippen LogP contribution in [0.25, 0.3) is 0 Å². The minimum Gasteiger partial charge on any atom is -0.469 e. The SMILES string of the molecule is C[C@H](Cc1ccco1)NC(=O)COCc1nnc(C(=O)Nc2ccc(F)cc2)s1. The van der Waals surface area contributed by atoms with Crippen LogP contribution < -0.4 is 10.6 Å². The minimum atomic E-state index is -0.454. The Morgan fingerprint density at radius 2 is 2.03 bits per heavy atom. The molecule has 2 heterocycles. The largest absolute Gasteiger partial charge is 0.469 e. The van der Waals surface area contributed by atoms with Gasteiger partial charge in [-0.25, -0.2) is 4.39 Å². The second-order valence-corrected chi connectivity index (χ2v) is 7.27. The highest BCUT2D eigenvalue weighted by atomic mass is 32.1. The summed E-state index contributed by atoms with van der Waals surface area (Å²) in [6.45, 7) is 1.79. The Balaban J connectivity index is 1.40. The molecular weight excluding hydrogens is 399 g/mol. The van der Waals surface area contributed by atoms with E-state index in [9.17, 15) is 14.0 Å². The van der Waals surface area contributed by atoms with Crippen LogP contribution in [-0.4, -0.2) is 34.7 Å². The Morgan fingerprint density at radius 1 is 1.24 bits per heavy atom. The summed E-state index contributed by atoms with van der Waals surface area (Å²) in [5, 5.41) is 13.7. The van der Waals surface area contributed by atoms with Crippen LogP contribution in [0.3, 0.4) is 0 Å². The van der Waals surface area contributed by atoms with Gasteiger partial charge < -0.3 is 19.8 Å². The summed E-state index contributed by atoms with van der Waals surface area (Å²) in [7, 11) is 0. The maximum atomic E-state index is 12.9. The average molecular weight is 418 g/mol. The van der Waals surface area contributed by atoms with Crippen LogP contribution in [-0.2, 0) is 22.6 Å². The molecule has 0 fully saturated rings. The number of halogens is 1. The van der Waals surface area contributed by atoms with E-state index in [2.05, 4.69) is 20.8 Å². The zero-order chi connectivity index (χ0) is 20.6. The van der Waals surface area contributed by atoms with E-state index < -0.39 is 11.7 Å². The van der Waals surface area contributed by atoms with Crippen molar-refractivity contribution in [3.8, 4) is 0 Å². The number of carbonyl (C=O) groups excluding carboxylic acids is 2. The van der Waals surface area contributed by atoms with Gasteiger partial charge >= 0.3 is 0 Å². The van der Waals surface area contributed by atoms with Crippen molar-refractivity contribution in [2.24, 2.45) is 0 Å². The zero-order valence-electron chi connectivity index (χ0n) is 15.6. The molecule has 8 nitrogen and oxygen atoms in total. The van der Waals surface area contributed by atoms with Gasteiger partial charge in [0.1, 0.15) is 29.8 Å². The van der Waals surface area contributed by atoms with E-state index in [1.807, 2.05) is 13.0 Å². The second-order valence-electron chi connectivity index (χ2n) is 6.21. The molecule has 29 heavy (non-hydrogen) atoms. The molecule has 3 rings (SSSR count). The smallest absolute Gasteiger partial charge is 0.286 e. The molecule has 2 amide bonds. The molecule has 2 aromatic heterocycles. The van der Waals surface area contributed by atoms with Gasteiger partial charge in [0.05, 0.1) is 6.26 Å². The zero-order valence-corrected chi connectivity index (χ0v) is 16.4. The van der Waals surface area contributed by atoms with Crippen LogP contribution in [0, 0.1) is 5.82 Å². The summed E-state index contributed by atoms with van der Waals surface area (Å²) in [6.07, 6.45) is 2.17. The van der Waals surface area contributed by atoms with Crippen molar-refractivity contribution in [3.63, 3.8) is 0 Å². The summed E-state index contributed by atoms with van der Waals surface area (Å²) in [4.78, 5) is 24.1. The van der Waals surface area contributed by atoms with Gasteiger partial charge in [-0.05, 0) is 43.3 Å². The van der Waals surface area contributed by atoms with Crippen molar-refractivity contribution in [2.75, 3.05) is 11.9 Å². The van der Waals surface area contributed by atoms with Gasteiger partial charge in [-0.1, -0.05) is 11.3 Å². The number of hydrogen-bond donors (Lipinski definition) is 2. The minimum absolute atomic E-state index is 0.0570. The summed E-state index contributed by atoms with van der Waals surface area (Å²) in [5.74, 6) is -0.315. The molecule has 0 saturated carbocycles. The molecule has 3 aromatic rings. The Hall–Kier alpha value is -3.11. The summed E-state index contributed by atoms with van der Waals surface area (Å²) in [5.41, 5.74) is 0.449. The van der Waals surface area contributed by atoms with E-state index in [4.69, 9.17) is 9.15 Å². The topological polar surface area (TPSA) is 106 Å². The van der Waals surface area contributed by atoms with E-state index in [0.29, 0.717) is 17.1 Å². The second kappa shape index (κ2) is 9.89. The Kier molecular flexibility index (Phi) is 7.04. The van der Waals surface area contributed by atoms with Crippen molar-refractivity contribution in [2.45, 2.75) is 26.0 Å². The van der Waals surface area contributed by atoms with E-state index in [1.165, 1.54) is 24.3 Å². The highest BCUT2D eigenvalue weighted by Gasteiger charge is 2.14. The number of amides is 2. The van der Waals surface area contributed by atoms with Crippen LogP contribution >= 0.6 is 11.3 Å². The fourth-order valence-electron chi connectivity index (χ4n) is 2.45. The number of ether oxygens (including phenoxy) is 1. The number of aromatic nitrogens is 2. The van der Waals surface area contributed by atoms with Gasteiger partial charge in [0, 0.05) is 18.2 Å². The lowest BCUT2D eigenvalue weighted by atomic mass is 10.2. The number of hydrogen-bond acceptors (Lipinski definition) is 7. The van der Waals surface area contributed by atoms with Crippen LogP contribution in [0.5, 0.6) is 0 Å². The number of anilines is 1. The fraction of sp³-hybridized carbons (Fsp3) is 0.263. The van der Waals surface area contributed by atoms with Crippen molar-refractivity contribution in [1.29, 1.82) is 0 Å². The molecule has 0 aliphatic heterocycles. The predicted molar refractivity (Wildman–Crippen MR) is 104 cm³/mol. The molecular formula is C19H19FN4O4S. The van der Waals surface area contributed by atoms with Gasteiger partial charge in [-0.2, -0.15) is 0 Å². The highest BCUT2D eigenvalue weighted by molar-refractivity contribution is 7.13. The van der Waals surface area contributed by atoms with Crippen LogP contribution in [0.15, 0.2) is 47.1 Å². The van der Waals surface area contributed by atoms with Crippen LogP contribution in [0.4, 0.5) is 10.1 Å². The Morgan fingerprint density at radius 3 is 2.76 bits per heavy atom. The molecule has 0 aliphatic carbocycles. The van der Waals surface area contributed by atoms with Crippen LogP contribution in [0.1, 0.15) is 27.5 Å². The number of furan rings is 1. The molecule has 0 spiro atoms. The summed E-state index contributed by atoms with van der Waals surface area (Å²) >= 11 is 1.05. The van der Waals surface area contributed by atoms with Gasteiger partial charge in [-0.15, -0.1) is 10.2 Å². The normalized spacial score (nSPS) is 11.8. The van der Waals surface area contributed by atoms with Crippen LogP contribution in [0.2, 0.25) is 0 Å². The predicted octanol–water partition coefficient (Wildman–Crippen LogP) is 2.79. The van der Waals surface area contributed by atoms with E-state index in [0.717, 1.165) is 17.1 Å². The monoisotopic (exact) mass is 418 g/mol. The molecule has 0 bridgehead atoms. The lowest BCUT2D eigenvalue weighted by molar-refractivity contribution is -0.126. The third-order valence-corrected chi connectivity index (χ3v) is 4.61. The van der Waals surface area contributed by atoms with E-state index >= 15 is 0 Å². The molecule has 2 N–H and O–H groups in total. The first-order valence-electron chi connectivity index (χ1n) is 8.78. The summed E-state index contributed by atoms with van der Waals surface area (Å²) < 4.78 is 23.5. The van der Waals surface area contributed by atoms with Gasteiger partial charge in [0.2, 0.25) is 10.9 Å². The quantitative estimate of drug-likeness (QED) is 0.553. The molecule has 0 saturated heterocycles. The molecule has 0 aliphatic rings. The van der Waals surface area contributed by atoms with Gasteiger partial charge in [0.15, 0.2) is 0 Å². The van der Waals surface area contributed by atoms with E-state index in [1.54, 1.807) is 12.3 Å². The number of carbonyl (C=O) groups is 2. The highest BCUT2D eigenvalue weighted by Crippen LogP contribution is 2.14. The maximum absolute atomic E-state index is 12.9. The number of benzene rings is 1. The van der Waals surface area contributed by atoms with Crippen molar-refractivity contribution in [3.05, 3.63) is 64.3 Å². The molecule has 0 unspecified atom stereocenters. The van der Waals surface area contributed by atoms with Gasteiger partial charge in [0.25, 0.3) is 5.91 Å². The fourth-order valence-corrected chi connectivity index (χ4v) is 3.12. The number of nitrogens with one attached hydrogen (secondary N) is 2. The number of nitrogens with zero attached hydrogens (tertiary/aromatic N) is 2. The van der Waals surface area contributed by atoms with Crippen molar-refractivity contribution in [1.82, 2.24) is 15.5 Å². The third kappa shape index (κ3) is 6.47. The lowest BCUT2D eigenvalue weighted by Gasteiger charge is -2.12. The standard InChI is InChI=1S/C19H19FN4O4S/c1-12(9-15-3-2-8-28-15)21-16(25)10-27-11-17-23-24-19(29-17)18(26)22-14-6-4-13(20)5-7-14/h2-8,12H,9-11H2,1H3,(H,21,25)(H,22,26)/t12-/m1/s1. The molecule has 10 heteroatoms. The van der Waals surface area contributed by atoms with Gasteiger partial charge in [-0.3, -0.25) is 9.59 Å². The molecule has 1 atom stereocenters. The molecule has 152 valence electrons. The Bertz CT molecular complexity index is 944. The first-order chi connectivity index (χ1) is 14.0. The third-order valence-electron chi connectivity index (χ3n) is 3.72. The molecule has 0 radical (unpaired) electrons. The summed E-state index contributed by atoms with van der Waals surface area (Å²) in [6, 6.07) is 8.93. The number of rotatable bonds is 9. The first-order valence-corrected chi connectivity index (χ1v) is 9.60. The van der Waals surface area contributed by atoms with Crippen molar-refractivity contribution >= 4 is 28.8 Å². The average Bonchev–Trinajstić information content (AvgIpc) is 3.35. The molecule has 1 aromatic carbocycles. The lowest BCUT2D eigenvalue weighted by Crippen LogP contribution is -2.36. The maximum Gasteiger partial charge on any atom is 0.286 e. The first kappa shape index (κ1) is 20.6. The van der Waals surface area contributed by atoms with Crippen molar-refractivity contribution < 1.29 is 23.1 Å². The van der Waals surface area contributed by atoms with E-state index in [-0.39, 0.29) is 30.2 Å².